The van der Waals surface area contributed by atoms with Crippen LogP contribution in [0.25, 0.3) is 0 Å². The van der Waals surface area contributed by atoms with E-state index in [1.54, 1.807) is 33.9 Å². The van der Waals surface area contributed by atoms with E-state index in [1.807, 2.05) is 5.38 Å². The van der Waals surface area contributed by atoms with Crippen molar-refractivity contribution in [3.63, 3.8) is 0 Å². The Bertz CT molecular complexity index is 450. The molecule has 0 saturated heterocycles. The summed E-state index contributed by atoms with van der Waals surface area (Å²) in [5.74, 6) is -0.0981. The van der Waals surface area contributed by atoms with Crippen LogP contribution in [0.5, 0.6) is 0 Å². The number of nitrogens with zero attached hydrogens (tertiary/aromatic N) is 1. The Labute approximate surface area is 119 Å². The predicted molar refractivity (Wildman–Crippen MR) is 75.2 cm³/mol. The summed E-state index contributed by atoms with van der Waals surface area (Å²) >= 11 is 4.64. The van der Waals surface area contributed by atoms with E-state index in [0.717, 1.165) is 4.47 Å². The molecule has 4 nitrogen and oxygen atoms in total. The van der Waals surface area contributed by atoms with Gasteiger partial charge in [0, 0.05) is 16.9 Å². The molecule has 1 amide bonds. The molecule has 0 atom stereocenters. The monoisotopic (exact) mass is 333 g/mol. The third-order valence-corrected chi connectivity index (χ3v) is 3.66. The number of hydrogen-bond donors (Lipinski definition) is 0. The minimum atomic E-state index is -0.555. The van der Waals surface area contributed by atoms with Gasteiger partial charge in [0.05, 0.1) is 11.4 Å². The quantitative estimate of drug-likeness (QED) is 0.794. The lowest BCUT2D eigenvalue weighted by Crippen LogP contribution is -2.37. The third-order valence-electron chi connectivity index (χ3n) is 1.93. The third kappa shape index (κ3) is 4.78. The highest BCUT2D eigenvalue weighted by molar-refractivity contribution is 9.10. The van der Waals surface area contributed by atoms with Crippen LogP contribution in [0, 0.1) is 0 Å². The van der Waals surface area contributed by atoms with Gasteiger partial charge in [0.25, 0.3) is 0 Å². The molecule has 0 bridgehead atoms. The van der Waals surface area contributed by atoms with Crippen LogP contribution >= 0.6 is 27.3 Å². The summed E-state index contributed by atoms with van der Waals surface area (Å²) in [5, 5.41) is 1.83. The van der Waals surface area contributed by atoms with E-state index in [4.69, 9.17) is 4.74 Å². The zero-order valence-corrected chi connectivity index (χ0v) is 13.2. The molecule has 0 fully saturated rings. The Kier molecular flexibility index (Phi) is 4.92. The summed E-state index contributed by atoms with van der Waals surface area (Å²) in [6, 6.07) is 1.75. The van der Waals surface area contributed by atoms with E-state index in [0.29, 0.717) is 4.88 Å². The van der Waals surface area contributed by atoms with Crippen molar-refractivity contribution in [1.82, 2.24) is 4.90 Å². The SMILES string of the molecule is CN(CC(=O)c1cc(Br)cs1)C(=O)OC(C)(C)C. The van der Waals surface area contributed by atoms with Crippen molar-refractivity contribution in [2.45, 2.75) is 26.4 Å². The minimum Gasteiger partial charge on any atom is -0.444 e. The first kappa shape index (κ1) is 15.2. The number of hydrogen-bond acceptors (Lipinski definition) is 4. The highest BCUT2D eigenvalue weighted by Crippen LogP contribution is 2.20. The van der Waals surface area contributed by atoms with Gasteiger partial charge in [0.1, 0.15) is 5.60 Å². The van der Waals surface area contributed by atoms with Crippen molar-refractivity contribution >= 4 is 39.1 Å². The van der Waals surface area contributed by atoms with Crippen LogP contribution in [0.3, 0.4) is 0 Å². The summed E-state index contributed by atoms with van der Waals surface area (Å²) < 4.78 is 6.04. The Morgan fingerprint density at radius 2 is 2.06 bits per heavy atom. The molecular weight excluding hydrogens is 318 g/mol. The molecule has 1 aromatic heterocycles. The molecule has 1 rings (SSSR count). The number of carbonyl (C=O) groups excluding carboxylic acids is 2. The summed E-state index contributed by atoms with van der Waals surface area (Å²) in [6.45, 7) is 5.38. The molecule has 1 aromatic rings. The topological polar surface area (TPSA) is 46.6 Å². The largest absolute Gasteiger partial charge is 0.444 e. The maximum atomic E-state index is 11.9. The van der Waals surface area contributed by atoms with Gasteiger partial charge < -0.3 is 9.64 Å². The average molecular weight is 334 g/mol. The maximum absolute atomic E-state index is 11.9. The molecule has 1 heterocycles. The zero-order chi connectivity index (χ0) is 13.9. The molecule has 0 saturated carbocycles. The second-order valence-electron chi connectivity index (χ2n) is 4.89. The number of carbonyl (C=O) groups is 2. The second kappa shape index (κ2) is 5.84. The van der Waals surface area contributed by atoms with Crippen LogP contribution in [-0.2, 0) is 4.74 Å². The molecule has 0 N–H and O–H groups in total. The van der Waals surface area contributed by atoms with Gasteiger partial charge in [-0.05, 0) is 42.8 Å². The lowest BCUT2D eigenvalue weighted by Gasteiger charge is -2.24. The molecule has 0 radical (unpaired) electrons. The van der Waals surface area contributed by atoms with Gasteiger partial charge in [0.2, 0.25) is 0 Å². The molecule has 0 aromatic carbocycles. The second-order valence-corrected chi connectivity index (χ2v) is 6.72. The first-order valence-electron chi connectivity index (χ1n) is 5.40. The van der Waals surface area contributed by atoms with Crippen LogP contribution in [0.2, 0.25) is 0 Å². The lowest BCUT2D eigenvalue weighted by molar-refractivity contribution is 0.0295. The summed E-state index contributed by atoms with van der Waals surface area (Å²) in [7, 11) is 1.55. The fourth-order valence-electron chi connectivity index (χ4n) is 1.16. The van der Waals surface area contributed by atoms with Crippen molar-refractivity contribution in [2.75, 3.05) is 13.6 Å². The molecule has 100 valence electrons. The van der Waals surface area contributed by atoms with Gasteiger partial charge in [-0.2, -0.15) is 0 Å². The lowest BCUT2D eigenvalue weighted by atomic mass is 10.2. The zero-order valence-electron chi connectivity index (χ0n) is 10.8. The summed E-state index contributed by atoms with van der Waals surface area (Å²) in [6.07, 6.45) is -0.494. The number of amides is 1. The molecule has 6 heteroatoms. The number of ether oxygens (including phenoxy) is 1. The molecule has 0 aliphatic heterocycles. The van der Waals surface area contributed by atoms with E-state index in [1.165, 1.54) is 16.2 Å². The van der Waals surface area contributed by atoms with Crippen LogP contribution in [0.1, 0.15) is 30.4 Å². The van der Waals surface area contributed by atoms with Crippen molar-refractivity contribution in [2.24, 2.45) is 0 Å². The number of ketones is 1. The Balaban J connectivity index is 2.57. The smallest absolute Gasteiger partial charge is 0.410 e. The van der Waals surface area contributed by atoms with E-state index >= 15 is 0 Å². The van der Waals surface area contributed by atoms with Crippen LogP contribution in [0.4, 0.5) is 4.79 Å². The number of likely N-dealkylation sites (N-methyl/N-ethyl adjacent to an activating group) is 1. The first-order valence-corrected chi connectivity index (χ1v) is 7.07. The fraction of sp³-hybridized carbons (Fsp3) is 0.500. The van der Waals surface area contributed by atoms with Crippen molar-refractivity contribution in [3.8, 4) is 0 Å². The van der Waals surface area contributed by atoms with Crippen molar-refractivity contribution < 1.29 is 14.3 Å². The first-order chi connectivity index (χ1) is 8.19. The highest BCUT2D eigenvalue weighted by atomic mass is 79.9. The van der Waals surface area contributed by atoms with Gasteiger partial charge in [-0.3, -0.25) is 4.79 Å². The number of halogens is 1. The fourth-order valence-corrected chi connectivity index (χ4v) is 2.52. The molecule has 0 aliphatic rings. The molecule has 0 unspecified atom stereocenters. The van der Waals surface area contributed by atoms with E-state index in [2.05, 4.69) is 15.9 Å². The van der Waals surface area contributed by atoms with E-state index < -0.39 is 11.7 Å². The van der Waals surface area contributed by atoms with Gasteiger partial charge in [-0.15, -0.1) is 11.3 Å². The number of rotatable bonds is 3. The molecule has 0 aliphatic carbocycles. The van der Waals surface area contributed by atoms with Crippen LogP contribution < -0.4 is 0 Å². The number of thiophene rings is 1. The van der Waals surface area contributed by atoms with Gasteiger partial charge in [-0.25, -0.2) is 4.79 Å². The van der Waals surface area contributed by atoms with Crippen molar-refractivity contribution in [3.05, 3.63) is 20.8 Å². The minimum absolute atomic E-state index is 0.0157. The van der Waals surface area contributed by atoms with E-state index in [9.17, 15) is 9.59 Å². The predicted octanol–water partition coefficient (Wildman–Crippen LogP) is 3.56. The van der Waals surface area contributed by atoms with Gasteiger partial charge >= 0.3 is 6.09 Å². The van der Waals surface area contributed by atoms with Crippen LogP contribution in [0.15, 0.2) is 15.9 Å². The Morgan fingerprint density at radius 3 is 2.50 bits per heavy atom. The highest BCUT2D eigenvalue weighted by Gasteiger charge is 2.21. The van der Waals surface area contributed by atoms with Gasteiger partial charge in [-0.1, -0.05) is 0 Å². The summed E-state index contributed by atoms with van der Waals surface area (Å²) in [4.78, 5) is 25.5. The maximum Gasteiger partial charge on any atom is 0.410 e. The molecule has 18 heavy (non-hydrogen) atoms. The van der Waals surface area contributed by atoms with Crippen molar-refractivity contribution in [1.29, 1.82) is 0 Å². The Hall–Kier alpha value is -0.880. The van der Waals surface area contributed by atoms with Crippen LogP contribution in [-0.4, -0.2) is 36.0 Å². The number of Topliss-reactive ketones (excluding diaryl/α,β-unsaturated/α-hetero) is 1. The summed E-state index contributed by atoms with van der Waals surface area (Å²) in [5.41, 5.74) is -0.555. The normalized spacial score (nSPS) is 11.2. The average Bonchev–Trinajstić information content (AvgIpc) is 2.62. The standard InChI is InChI=1S/C12H16BrNO3S/c1-12(2,3)17-11(16)14(4)6-9(15)10-5-8(13)7-18-10/h5,7H,6H2,1-4H3. The van der Waals surface area contributed by atoms with E-state index in [-0.39, 0.29) is 12.3 Å². The Morgan fingerprint density at radius 1 is 1.44 bits per heavy atom. The molecule has 0 spiro atoms. The molecular formula is C12H16BrNO3S. The van der Waals surface area contributed by atoms with Gasteiger partial charge in [0.15, 0.2) is 5.78 Å².